The Hall–Kier alpha value is -1.68. The molecule has 10 N–H and O–H groups in total. The van der Waals surface area contributed by atoms with Gasteiger partial charge in [-0.05, 0) is 25.3 Å². The summed E-state index contributed by atoms with van der Waals surface area (Å²) in [7, 11) is -10.1. The van der Waals surface area contributed by atoms with E-state index in [0.29, 0.717) is 18.5 Å². The number of aliphatic hydroxyl groups excluding tert-OH is 1. The van der Waals surface area contributed by atoms with Gasteiger partial charge in [0, 0.05) is 24.5 Å². The maximum Gasteiger partial charge on any atom is 0.470 e. The van der Waals surface area contributed by atoms with Gasteiger partial charge in [-0.3, -0.25) is 18.8 Å². The van der Waals surface area contributed by atoms with Crippen molar-refractivity contribution in [3.63, 3.8) is 0 Å². The van der Waals surface area contributed by atoms with E-state index in [1.807, 2.05) is 0 Å². The number of carbonyl (C=O) groups is 1. The Morgan fingerprint density at radius 3 is 2.50 bits per heavy atom. The van der Waals surface area contributed by atoms with Crippen LogP contribution in [0, 0.1) is 0 Å². The summed E-state index contributed by atoms with van der Waals surface area (Å²) in [6.45, 7) is -0.611. The zero-order valence-electron chi connectivity index (χ0n) is 17.7. The van der Waals surface area contributed by atoms with Crippen molar-refractivity contribution >= 4 is 27.3 Å². The second kappa shape index (κ2) is 11.8. The fraction of sp³-hybridized carbons (Fsp3) is 0.625. The third-order valence-corrected chi connectivity index (χ3v) is 5.76. The molecule has 34 heavy (non-hydrogen) atoms. The number of aliphatic hydroxyl groups is 1. The maximum atomic E-state index is 11.4. The summed E-state index contributed by atoms with van der Waals surface area (Å²) >= 11 is 0. The third kappa shape index (κ3) is 8.83. The van der Waals surface area contributed by atoms with E-state index in [2.05, 4.69) is 14.0 Å². The summed E-state index contributed by atoms with van der Waals surface area (Å²) in [5, 5.41) is 19.5. The van der Waals surface area contributed by atoms with E-state index in [1.165, 1.54) is 22.9 Å². The number of nitrogens with zero attached hydrogens (tertiary/aromatic N) is 2. The summed E-state index contributed by atoms with van der Waals surface area (Å²) in [4.78, 5) is 51.3. The molecule has 0 radical (unpaired) electrons. The zero-order valence-corrected chi connectivity index (χ0v) is 19.5. The fourth-order valence-corrected chi connectivity index (χ4v) is 4.11. The smallest absolute Gasteiger partial charge is 0.470 e. The van der Waals surface area contributed by atoms with Gasteiger partial charge < -0.3 is 50.6 Å². The van der Waals surface area contributed by atoms with Crippen LogP contribution in [0.25, 0.3) is 0 Å². The molecule has 2 rings (SSSR count). The molecule has 0 aromatic carbocycles. The molecule has 0 amide bonds. The number of anilines is 1. The number of unbranched alkanes of at least 4 members (excludes halogenated alkanes) is 1. The quantitative estimate of drug-likeness (QED) is 0.112. The second-order valence-electron chi connectivity index (χ2n) is 7.45. The predicted octanol–water partition coefficient (Wildman–Crippen LogP) is -1.60. The van der Waals surface area contributed by atoms with Crippen molar-refractivity contribution in [2.75, 3.05) is 18.9 Å². The van der Waals surface area contributed by atoms with Gasteiger partial charge in [0.15, 0.2) is 6.23 Å². The third-order valence-electron chi connectivity index (χ3n) is 4.75. The molecule has 0 saturated carbocycles. The Balaban J connectivity index is 2.24. The predicted molar refractivity (Wildman–Crippen MR) is 114 cm³/mol. The number of rotatable bonds is 12. The highest BCUT2D eigenvalue weighted by molar-refractivity contribution is 7.46. The van der Waals surface area contributed by atoms with Crippen LogP contribution in [-0.2, 0) is 27.7 Å². The summed E-state index contributed by atoms with van der Waals surface area (Å²) in [6, 6.07) is 1.90. The Kier molecular flexibility index (Phi) is 9.94. The van der Waals surface area contributed by atoms with Gasteiger partial charge in [-0.1, -0.05) is 0 Å². The van der Waals surface area contributed by atoms with Crippen molar-refractivity contribution in [3.8, 4) is 0 Å². The summed E-state index contributed by atoms with van der Waals surface area (Å²) in [5.74, 6) is -1.11. The number of carboxylic acids is 1. The summed E-state index contributed by atoms with van der Waals surface area (Å²) in [6.07, 6.45) is -3.61. The monoisotopic (exact) mass is 530 g/mol. The fourth-order valence-electron chi connectivity index (χ4n) is 3.19. The molecule has 0 spiro atoms. The van der Waals surface area contributed by atoms with E-state index >= 15 is 0 Å². The molecule has 0 aliphatic carbocycles. The largest absolute Gasteiger partial charge is 0.480 e. The Labute approximate surface area is 193 Å². The first kappa shape index (κ1) is 28.6. The molecular formula is C16H28N4O12P2. The van der Waals surface area contributed by atoms with Gasteiger partial charge in [0.2, 0.25) is 0 Å². The number of pyridine rings is 1. The number of nitrogen functional groups attached to an aromatic ring is 1. The highest BCUT2D eigenvalue weighted by Crippen LogP contribution is 2.45. The standard InChI is InChI=1S/C16H28N4O12P2/c17-9-4-6-20(12(7-9)19-5-2-1-3-10(18)16(22)23)15-13(21)14(32-34(27,28)29)11(31-15)8-30-33(24,25)26/h4,6-7,10-11,13-15,21H,1-3,5,8,17-18H2,(H,22,23)(H2,24,25,26)(H2,27,28,29)/t10-,11+,13+,14+,15+/m0/s1. The van der Waals surface area contributed by atoms with Gasteiger partial charge in [-0.15, -0.1) is 0 Å². The van der Waals surface area contributed by atoms with Crippen LogP contribution in [0.15, 0.2) is 23.3 Å². The molecule has 0 bridgehead atoms. The van der Waals surface area contributed by atoms with Crippen molar-refractivity contribution in [3.05, 3.63) is 23.8 Å². The summed E-state index contributed by atoms with van der Waals surface area (Å²) in [5.41, 5.74) is 11.8. The molecule has 1 fully saturated rings. The van der Waals surface area contributed by atoms with Crippen molar-refractivity contribution in [1.29, 1.82) is 0 Å². The lowest BCUT2D eigenvalue weighted by Crippen LogP contribution is -2.37. The number of hydrogen-bond acceptors (Lipinski definition) is 10. The average Bonchev–Trinajstić information content (AvgIpc) is 2.99. The van der Waals surface area contributed by atoms with Crippen LogP contribution in [0.2, 0.25) is 0 Å². The van der Waals surface area contributed by atoms with Crippen molar-refractivity contribution in [1.82, 2.24) is 4.57 Å². The SMILES string of the molecule is Nc1ccn([C@@H]2O[C@H](COP(=O)(O)O)[C@@H](OP(=O)(O)O)[C@H]2O)c(=NCCCC[C@H](N)C(=O)O)c1. The van der Waals surface area contributed by atoms with Crippen LogP contribution in [0.3, 0.4) is 0 Å². The molecule has 5 atom stereocenters. The molecule has 0 unspecified atom stereocenters. The lowest BCUT2D eigenvalue weighted by molar-refractivity contribution is -0.138. The minimum absolute atomic E-state index is 0.207. The molecule has 1 aromatic rings. The average molecular weight is 530 g/mol. The molecule has 1 aliphatic rings. The van der Waals surface area contributed by atoms with E-state index < -0.39 is 58.8 Å². The van der Waals surface area contributed by atoms with Gasteiger partial charge in [-0.2, -0.15) is 0 Å². The highest BCUT2D eigenvalue weighted by atomic mass is 31.2. The normalized spacial score (nSPS) is 24.9. The topological polar surface area (TPSA) is 270 Å². The molecule has 1 saturated heterocycles. The lowest BCUT2D eigenvalue weighted by atomic mass is 10.1. The number of nitrogens with two attached hydrogens (primary N) is 2. The van der Waals surface area contributed by atoms with E-state index in [1.54, 1.807) is 0 Å². The van der Waals surface area contributed by atoms with Gasteiger partial charge >= 0.3 is 21.6 Å². The maximum absolute atomic E-state index is 11.4. The van der Waals surface area contributed by atoms with Gasteiger partial charge in [0.05, 0.1) is 6.61 Å². The molecule has 194 valence electrons. The first-order chi connectivity index (χ1) is 15.7. The van der Waals surface area contributed by atoms with E-state index in [9.17, 15) is 19.0 Å². The van der Waals surface area contributed by atoms with E-state index in [4.69, 9.17) is 40.9 Å². The number of ether oxygens (including phenoxy) is 1. The van der Waals surface area contributed by atoms with Gasteiger partial charge in [-0.25, -0.2) is 9.13 Å². The van der Waals surface area contributed by atoms with Crippen LogP contribution in [0.4, 0.5) is 5.69 Å². The molecule has 2 heterocycles. The van der Waals surface area contributed by atoms with Gasteiger partial charge in [0.1, 0.15) is 29.8 Å². The number of aliphatic carboxylic acids is 1. The number of hydrogen-bond donors (Lipinski definition) is 8. The Morgan fingerprint density at radius 2 is 1.91 bits per heavy atom. The van der Waals surface area contributed by atoms with Crippen molar-refractivity contribution in [2.45, 2.75) is 49.8 Å². The van der Waals surface area contributed by atoms with Crippen molar-refractivity contribution in [2.24, 2.45) is 10.7 Å². The van der Waals surface area contributed by atoms with Crippen molar-refractivity contribution < 1.29 is 57.5 Å². The van der Waals surface area contributed by atoms with E-state index in [-0.39, 0.29) is 18.5 Å². The first-order valence-corrected chi connectivity index (χ1v) is 13.0. The molecule has 16 nitrogen and oxygen atoms in total. The summed E-state index contributed by atoms with van der Waals surface area (Å²) < 4.78 is 38.2. The minimum atomic E-state index is -5.13. The minimum Gasteiger partial charge on any atom is -0.480 e. The van der Waals surface area contributed by atoms with Crippen LogP contribution in [-0.4, -0.2) is 77.8 Å². The van der Waals surface area contributed by atoms with Crippen LogP contribution >= 0.6 is 15.6 Å². The lowest BCUT2D eigenvalue weighted by Gasteiger charge is -2.21. The number of phosphoric acid groups is 2. The molecule has 1 aliphatic heterocycles. The van der Waals surface area contributed by atoms with Crippen LogP contribution in [0.5, 0.6) is 0 Å². The molecule has 18 heteroatoms. The zero-order chi connectivity index (χ0) is 25.7. The molecule has 1 aromatic heterocycles. The Bertz CT molecular complexity index is 1010. The molecular weight excluding hydrogens is 502 g/mol. The first-order valence-electron chi connectivity index (χ1n) is 9.92. The van der Waals surface area contributed by atoms with Crippen LogP contribution < -0.4 is 17.0 Å². The van der Waals surface area contributed by atoms with Gasteiger partial charge in [0.25, 0.3) is 0 Å². The Morgan fingerprint density at radius 1 is 1.24 bits per heavy atom. The number of phosphoric ester groups is 2. The number of carboxylic acid groups (broad SMARTS) is 1. The number of aromatic nitrogens is 1. The second-order valence-corrected chi connectivity index (χ2v) is 9.88. The van der Waals surface area contributed by atoms with E-state index in [0.717, 1.165) is 0 Å². The highest BCUT2D eigenvalue weighted by Gasteiger charge is 2.49. The van der Waals surface area contributed by atoms with Crippen LogP contribution in [0.1, 0.15) is 25.5 Å².